The summed E-state index contributed by atoms with van der Waals surface area (Å²) in [6.07, 6.45) is 0.340. The molecule has 1 aliphatic heterocycles. The summed E-state index contributed by atoms with van der Waals surface area (Å²) in [6.45, 7) is 8.08. The van der Waals surface area contributed by atoms with E-state index in [2.05, 4.69) is 49.9 Å². The van der Waals surface area contributed by atoms with Gasteiger partial charge in [0.1, 0.15) is 29.9 Å². The highest BCUT2D eigenvalue weighted by atomic mass is 32.2. The molecule has 3 aromatic rings. The summed E-state index contributed by atoms with van der Waals surface area (Å²) in [5.74, 6) is 0.886. The highest BCUT2D eigenvalue weighted by Crippen LogP contribution is 2.35. The van der Waals surface area contributed by atoms with E-state index in [1.54, 1.807) is 17.8 Å². The lowest BCUT2D eigenvalue weighted by molar-refractivity contribution is -0.253. The Morgan fingerprint density at radius 3 is 1.66 bits per heavy atom. The summed E-state index contributed by atoms with van der Waals surface area (Å²) < 4.78 is 32.3. The zero-order valence-corrected chi connectivity index (χ0v) is 22.8. The maximum absolute atomic E-state index is 6.67. The highest BCUT2D eigenvalue weighted by molar-refractivity contribution is 7.99. The molecule has 0 aromatic heterocycles. The van der Waals surface area contributed by atoms with Crippen molar-refractivity contribution in [3.8, 4) is 0 Å². The summed E-state index contributed by atoms with van der Waals surface area (Å²) in [4.78, 5) is 0. The van der Waals surface area contributed by atoms with Crippen molar-refractivity contribution in [2.45, 2.75) is 56.6 Å². The van der Waals surface area contributed by atoms with Crippen molar-refractivity contribution in [1.29, 1.82) is 0 Å². The van der Waals surface area contributed by atoms with Crippen LogP contribution in [0, 0.1) is 0 Å². The van der Waals surface area contributed by atoms with Crippen LogP contribution in [0.3, 0.4) is 0 Å². The van der Waals surface area contributed by atoms with Gasteiger partial charge in [0, 0.05) is 0 Å². The molecule has 0 radical (unpaired) electrons. The minimum absolute atomic E-state index is 0.224. The normalized spacial score (nSPS) is 23.2. The topological polar surface area (TPSA) is 46.2 Å². The van der Waals surface area contributed by atoms with Gasteiger partial charge >= 0.3 is 0 Å². The second-order valence-corrected chi connectivity index (χ2v) is 10.5. The summed E-state index contributed by atoms with van der Waals surface area (Å²) in [5.41, 5.74) is 3.07. The molecule has 0 spiro atoms. The first-order chi connectivity index (χ1) is 18.8. The fraction of sp³-hybridized carbons (Fsp3) is 0.375. The minimum atomic E-state index is -0.391. The van der Waals surface area contributed by atoms with Gasteiger partial charge in [0.25, 0.3) is 0 Å². The third-order valence-corrected chi connectivity index (χ3v) is 7.34. The molecule has 38 heavy (non-hydrogen) atoms. The Kier molecular flexibility index (Phi) is 11.9. The average molecular weight is 535 g/mol. The van der Waals surface area contributed by atoms with E-state index in [4.69, 9.17) is 23.7 Å². The van der Waals surface area contributed by atoms with E-state index < -0.39 is 6.10 Å². The Labute approximate surface area is 231 Å². The van der Waals surface area contributed by atoms with Gasteiger partial charge in [-0.3, -0.25) is 0 Å². The van der Waals surface area contributed by atoms with Crippen molar-refractivity contribution in [3.05, 3.63) is 120 Å². The van der Waals surface area contributed by atoms with Crippen molar-refractivity contribution in [1.82, 2.24) is 0 Å². The lowest BCUT2D eigenvalue weighted by atomic mass is 9.99. The lowest BCUT2D eigenvalue weighted by Gasteiger charge is -2.46. The van der Waals surface area contributed by atoms with Crippen LogP contribution in [0.15, 0.2) is 104 Å². The molecule has 0 unspecified atom stereocenters. The standard InChI is InChI=1S/C32H38O5S/c1-3-20-33-24-28-29(34-21-25-14-8-5-9-15-25)30(35-22-26-16-10-6-11-17-26)31(32(37-28)38-4-2)36-23-27-18-12-7-13-19-27/h3,5-19,28-32H,1,4,20-24H2,2H3/t28-,29+,30+,31-,32-/m1/s1. The minimum Gasteiger partial charge on any atom is -0.375 e. The Bertz CT molecular complexity index is 1050. The molecule has 5 atom stereocenters. The van der Waals surface area contributed by atoms with Crippen LogP contribution in [-0.4, -0.2) is 48.8 Å². The summed E-state index contributed by atoms with van der Waals surface area (Å²) in [6, 6.07) is 30.6. The van der Waals surface area contributed by atoms with E-state index in [0.717, 1.165) is 22.4 Å². The van der Waals surface area contributed by atoms with Crippen molar-refractivity contribution in [2.75, 3.05) is 19.0 Å². The van der Waals surface area contributed by atoms with Crippen LogP contribution < -0.4 is 0 Å². The molecule has 3 aromatic carbocycles. The van der Waals surface area contributed by atoms with Crippen molar-refractivity contribution in [3.63, 3.8) is 0 Å². The second-order valence-electron chi connectivity index (χ2n) is 9.11. The second kappa shape index (κ2) is 15.8. The van der Waals surface area contributed by atoms with Crippen LogP contribution >= 0.6 is 11.8 Å². The monoisotopic (exact) mass is 534 g/mol. The van der Waals surface area contributed by atoms with Crippen LogP contribution in [0.25, 0.3) is 0 Å². The fourth-order valence-corrected chi connectivity index (χ4v) is 5.42. The molecule has 0 saturated carbocycles. The lowest BCUT2D eigenvalue weighted by Crippen LogP contribution is -2.60. The molecule has 5 nitrogen and oxygen atoms in total. The third-order valence-electron chi connectivity index (χ3n) is 6.30. The maximum Gasteiger partial charge on any atom is 0.132 e. The molecule has 0 bridgehead atoms. The molecule has 4 rings (SSSR count). The van der Waals surface area contributed by atoms with Crippen LogP contribution in [-0.2, 0) is 43.5 Å². The molecular weight excluding hydrogens is 496 g/mol. The van der Waals surface area contributed by atoms with Crippen LogP contribution in [0.1, 0.15) is 23.6 Å². The highest BCUT2D eigenvalue weighted by Gasteiger charge is 2.48. The molecule has 1 aliphatic rings. The van der Waals surface area contributed by atoms with Gasteiger partial charge < -0.3 is 23.7 Å². The fourth-order valence-electron chi connectivity index (χ4n) is 4.45. The SMILES string of the molecule is C=CCOC[C@H]1O[C@H](SCC)[C@H](OCc2ccccc2)[C@@H](OCc2ccccc2)[C@H]1OCc1ccccc1. The first kappa shape index (κ1) is 28.6. The largest absolute Gasteiger partial charge is 0.375 e. The Morgan fingerprint density at radius 2 is 1.18 bits per heavy atom. The van der Waals surface area contributed by atoms with Gasteiger partial charge in [-0.2, -0.15) is 0 Å². The quantitative estimate of drug-likeness (QED) is 0.166. The van der Waals surface area contributed by atoms with Gasteiger partial charge in [-0.05, 0) is 22.4 Å². The molecule has 0 amide bonds. The molecule has 1 fully saturated rings. The van der Waals surface area contributed by atoms with Gasteiger partial charge in [0.05, 0.1) is 33.0 Å². The smallest absolute Gasteiger partial charge is 0.132 e. The zero-order chi connectivity index (χ0) is 26.4. The molecule has 202 valence electrons. The summed E-state index contributed by atoms with van der Waals surface area (Å²) in [7, 11) is 0. The van der Waals surface area contributed by atoms with E-state index in [1.807, 2.05) is 54.6 Å². The maximum atomic E-state index is 6.67. The van der Waals surface area contributed by atoms with E-state index >= 15 is 0 Å². The first-order valence-corrected chi connectivity index (χ1v) is 14.3. The van der Waals surface area contributed by atoms with Gasteiger partial charge in [0.15, 0.2) is 0 Å². The predicted molar refractivity (Wildman–Crippen MR) is 153 cm³/mol. The summed E-state index contributed by atoms with van der Waals surface area (Å²) >= 11 is 1.72. The van der Waals surface area contributed by atoms with E-state index in [9.17, 15) is 0 Å². The van der Waals surface area contributed by atoms with Crippen molar-refractivity contribution < 1.29 is 23.7 Å². The number of hydrogen-bond acceptors (Lipinski definition) is 6. The number of hydrogen-bond donors (Lipinski definition) is 0. The molecule has 0 N–H and O–H groups in total. The number of thioether (sulfide) groups is 1. The van der Waals surface area contributed by atoms with Crippen LogP contribution in [0.4, 0.5) is 0 Å². The third kappa shape index (κ3) is 8.53. The van der Waals surface area contributed by atoms with Gasteiger partial charge in [-0.25, -0.2) is 0 Å². The molecule has 1 heterocycles. The van der Waals surface area contributed by atoms with E-state index in [1.165, 1.54) is 0 Å². The molecular formula is C32H38O5S. The van der Waals surface area contributed by atoms with Crippen LogP contribution in [0.2, 0.25) is 0 Å². The number of ether oxygens (including phenoxy) is 5. The Morgan fingerprint density at radius 1 is 0.711 bits per heavy atom. The number of benzene rings is 3. The Balaban J connectivity index is 1.60. The summed E-state index contributed by atoms with van der Waals surface area (Å²) in [5, 5.41) is 0. The number of rotatable bonds is 15. The van der Waals surface area contributed by atoms with E-state index in [-0.39, 0.29) is 23.7 Å². The average Bonchev–Trinajstić information content (AvgIpc) is 2.97. The zero-order valence-electron chi connectivity index (χ0n) is 22.0. The van der Waals surface area contributed by atoms with Crippen LogP contribution in [0.5, 0.6) is 0 Å². The Hall–Kier alpha value is -2.45. The van der Waals surface area contributed by atoms with Gasteiger partial charge in [-0.15, -0.1) is 18.3 Å². The molecule has 0 aliphatic carbocycles. The van der Waals surface area contributed by atoms with Gasteiger partial charge in [0.2, 0.25) is 0 Å². The van der Waals surface area contributed by atoms with Gasteiger partial charge in [-0.1, -0.05) is 104 Å². The molecule has 6 heteroatoms. The molecule has 1 saturated heterocycles. The van der Waals surface area contributed by atoms with E-state index in [0.29, 0.717) is 33.0 Å². The van der Waals surface area contributed by atoms with Crippen molar-refractivity contribution >= 4 is 11.8 Å². The first-order valence-electron chi connectivity index (χ1n) is 13.2. The predicted octanol–water partition coefficient (Wildman–Crippen LogP) is 6.42. The van der Waals surface area contributed by atoms with Crippen molar-refractivity contribution in [2.24, 2.45) is 0 Å².